The lowest BCUT2D eigenvalue weighted by Crippen LogP contribution is -2.49. The van der Waals surface area contributed by atoms with Crippen LogP contribution in [0.2, 0.25) is 0 Å². The number of benzene rings is 1. The number of halogens is 2. The van der Waals surface area contributed by atoms with Gasteiger partial charge in [0.2, 0.25) is 5.82 Å². The van der Waals surface area contributed by atoms with E-state index in [2.05, 4.69) is 0 Å². The number of nitrogens with one attached hydrogen (secondary N) is 1. The van der Waals surface area contributed by atoms with E-state index in [4.69, 9.17) is 5.11 Å². The number of rotatable bonds is 4. The minimum absolute atomic E-state index is 0.262. The first-order valence-corrected chi connectivity index (χ1v) is 5.25. The van der Waals surface area contributed by atoms with Crippen LogP contribution in [0, 0.1) is 21.7 Å². The van der Waals surface area contributed by atoms with Crippen molar-refractivity contribution in [3.63, 3.8) is 0 Å². The average molecular weight is 288 g/mol. The van der Waals surface area contributed by atoms with Gasteiger partial charge in [-0.1, -0.05) is 0 Å². The Morgan fingerprint density at radius 1 is 1.30 bits per heavy atom. The summed E-state index contributed by atoms with van der Waals surface area (Å²) in [4.78, 5) is 31.7. The zero-order chi connectivity index (χ0) is 15.7. The molecule has 108 valence electrons. The number of aliphatic carboxylic acids is 1. The number of nitro benzene ring substituents is 1. The van der Waals surface area contributed by atoms with E-state index in [-0.39, 0.29) is 6.07 Å². The molecule has 0 fully saturated rings. The van der Waals surface area contributed by atoms with Crippen LogP contribution >= 0.6 is 0 Å². The maximum atomic E-state index is 13.5. The molecule has 0 aliphatic rings. The van der Waals surface area contributed by atoms with E-state index >= 15 is 0 Å². The standard InChI is InChI=1S/C11H10F2N2O5/c1-11(2,10(17)18)14-9(16)5-3-7(13)8(15(19)20)4-6(5)12/h3-4H,1-2H3,(H,14,16)(H,17,18). The molecule has 0 heterocycles. The highest BCUT2D eigenvalue weighted by molar-refractivity contribution is 5.98. The van der Waals surface area contributed by atoms with Crippen molar-refractivity contribution in [1.29, 1.82) is 0 Å². The number of nitrogens with zero attached hydrogens (tertiary/aromatic N) is 1. The van der Waals surface area contributed by atoms with Crippen molar-refractivity contribution in [2.75, 3.05) is 0 Å². The van der Waals surface area contributed by atoms with Gasteiger partial charge in [-0.25, -0.2) is 9.18 Å². The second-order valence-corrected chi connectivity index (χ2v) is 4.42. The molecule has 1 amide bonds. The average Bonchev–Trinajstić information content (AvgIpc) is 2.30. The molecule has 0 saturated carbocycles. The predicted octanol–water partition coefficient (Wildman–Crippen LogP) is 1.47. The summed E-state index contributed by atoms with van der Waals surface area (Å²) >= 11 is 0. The first kappa shape index (κ1) is 15.5. The zero-order valence-corrected chi connectivity index (χ0v) is 10.4. The van der Waals surface area contributed by atoms with Crippen molar-refractivity contribution < 1.29 is 28.4 Å². The first-order chi connectivity index (χ1) is 9.06. The maximum Gasteiger partial charge on any atom is 0.328 e. The summed E-state index contributed by atoms with van der Waals surface area (Å²) in [6, 6.07) is 0.610. The minimum atomic E-state index is -1.71. The van der Waals surface area contributed by atoms with Crippen molar-refractivity contribution in [1.82, 2.24) is 5.32 Å². The fourth-order valence-electron chi connectivity index (χ4n) is 1.25. The van der Waals surface area contributed by atoms with Crippen LogP contribution in [0.3, 0.4) is 0 Å². The topological polar surface area (TPSA) is 110 Å². The van der Waals surface area contributed by atoms with Crippen molar-refractivity contribution in [3.05, 3.63) is 39.4 Å². The number of carboxylic acid groups (broad SMARTS) is 1. The van der Waals surface area contributed by atoms with Gasteiger partial charge in [-0.3, -0.25) is 14.9 Å². The molecule has 0 atom stereocenters. The van der Waals surface area contributed by atoms with Gasteiger partial charge in [0.1, 0.15) is 11.4 Å². The third-order valence-electron chi connectivity index (χ3n) is 2.44. The molecular weight excluding hydrogens is 278 g/mol. The Morgan fingerprint density at radius 2 is 1.85 bits per heavy atom. The van der Waals surface area contributed by atoms with E-state index in [0.717, 1.165) is 13.8 Å². The lowest BCUT2D eigenvalue weighted by atomic mass is 10.0. The summed E-state index contributed by atoms with van der Waals surface area (Å²) in [5, 5.41) is 21.2. The Morgan fingerprint density at radius 3 is 2.30 bits per heavy atom. The van der Waals surface area contributed by atoms with Gasteiger partial charge < -0.3 is 10.4 Å². The number of carbonyl (C=O) groups is 2. The first-order valence-electron chi connectivity index (χ1n) is 5.25. The maximum absolute atomic E-state index is 13.5. The third kappa shape index (κ3) is 3.05. The van der Waals surface area contributed by atoms with E-state index in [1.807, 2.05) is 5.32 Å². The van der Waals surface area contributed by atoms with Gasteiger partial charge in [0.05, 0.1) is 16.6 Å². The quantitative estimate of drug-likeness (QED) is 0.644. The highest BCUT2D eigenvalue weighted by atomic mass is 19.1. The number of hydrogen-bond acceptors (Lipinski definition) is 4. The van der Waals surface area contributed by atoms with Crippen LogP contribution in [-0.2, 0) is 4.79 Å². The fourth-order valence-corrected chi connectivity index (χ4v) is 1.25. The second kappa shape index (κ2) is 5.19. The lowest BCUT2D eigenvalue weighted by molar-refractivity contribution is -0.387. The molecule has 0 aliphatic carbocycles. The van der Waals surface area contributed by atoms with E-state index in [9.17, 15) is 28.5 Å². The molecule has 2 N–H and O–H groups in total. The normalized spacial score (nSPS) is 11.0. The monoisotopic (exact) mass is 288 g/mol. The molecule has 0 unspecified atom stereocenters. The number of carbonyl (C=O) groups excluding carboxylic acids is 1. The summed E-state index contributed by atoms with van der Waals surface area (Å²) < 4.78 is 26.9. The SMILES string of the molecule is CC(C)(NC(=O)c1cc(F)c([N+](=O)[O-])cc1F)C(=O)O. The third-order valence-corrected chi connectivity index (χ3v) is 2.44. The summed E-state index contributed by atoms with van der Waals surface area (Å²) in [5.41, 5.74) is -3.64. The Balaban J connectivity index is 3.16. The number of nitro groups is 1. The van der Waals surface area contributed by atoms with Gasteiger partial charge in [-0.15, -0.1) is 0 Å². The Labute approximate surface area is 111 Å². The molecule has 0 aliphatic heterocycles. The van der Waals surface area contributed by atoms with E-state index in [0.29, 0.717) is 6.07 Å². The number of amides is 1. The zero-order valence-electron chi connectivity index (χ0n) is 10.4. The molecule has 1 aromatic rings. The number of hydrogen-bond donors (Lipinski definition) is 2. The molecule has 0 bridgehead atoms. The van der Waals surface area contributed by atoms with Crippen LogP contribution in [0.25, 0.3) is 0 Å². The van der Waals surface area contributed by atoms with Crippen LogP contribution in [0.15, 0.2) is 12.1 Å². The summed E-state index contributed by atoms with van der Waals surface area (Å²) in [7, 11) is 0. The van der Waals surface area contributed by atoms with Crippen molar-refractivity contribution in [3.8, 4) is 0 Å². The van der Waals surface area contributed by atoms with Crippen molar-refractivity contribution in [2.45, 2.75) is 19.4 Å². The van der Waals surface area contributed by atoms with Crippen LogP contribution in [0.5, 0.6) is 0 Å². The summed E-state index contributed by atoms with van der Waals surface area (Å²) in [6.45, 7) is 2.29. The highest BCUT2D eigenvalue weighted by Crippen LogP contribution is 2.21. The van der Waals surface area contributed by atoms with Crippen LogP contribution in [0.1, 0.15) is 24.2 Å². The predicted molar refractivity (Wildman–Crippen MR) is 62.2 cm³/mol. The molecule has 0 aromatic heterocycles. The van der Waals surface area contributed by atoms with Crippen LogP contribution in [0.4, 0.5) is 14.5 Å². The van der Waals surface area contributed by atoms with Crippen molar-refractivity contribution in [2.24, 2.45) is 0 Å². The second-order valence-electron chi connectivity index (χ2n) is 4.42. The Hall–Kier alpha value is -2.58. The van der Waals surface area contributed by atoms with E-state index in [1.54, 1.807) is 0 Å². The Bertz CT molecular complexity index is 601. The minimum Gasteiger partial charge on any atom is -0.480 e. The lowest BCUT2D eigenvalue weighted by Gasteiger charge is -2.21. The summed E-state index contributed by atoms with van der Waals surface area (Å²) in [5.74, 6) is -5.29. The van der Waals surface area contributed by atoms with E-state index < -0.39 is 45.2 Å². The molecule has 9 heteroatoms. The molecule has 0 saturated heterocycles. The largest absolute Gasteiger partial charge is 0.480 e. The molecule has 0 radical (unpaired) electrons. The number of carboxylic acids is 1. The fraction of sp³-hybridized carbons (Fsp3) is 0.273. The van der Waals surface area contributed by atoms with Gasteiger partial charge in [0.25, 0.3) is 5.91 Å². The van der Waals surface area contributed by atoms with Gasteiger partial charge in [-0.2, -0.15) is 4.39 Å². The smallest absolute Gasteiger partial charge is 0.328 e. The Kier molecular flexibility index (Phi) is 4.02. The van der Waals surface area contributed by atoms with Crippen LogP contribution in [-0.4, -0.2) is 27.4 Å². The van der Waals surface area contributed by atoms with Gasteiger partial charge in [0.15, 0.2) is 0 Å². The summed E-state index contributed by atoms with van der Waals surface area (Å²) in [6.07, 6.45) is 0. The molecule has 0 spiro atoms. The molecular formula is C11H10F2N2O5. The van der Waals surface area contributed by atoms with Gasteiger partial charge >= 0.3 is 11.7 Å². The highest BCUT2D eigenvalue weighted by Gasteiger charge is 2.31. The molecule has 1 rings (SSSR count). The van der Waals surface area contributed by atoms with E-state index in [1.165, 1.54) is 0 Å². The van der Waals surface area contributed by atoms with Crippen molar-refractivity contribution >= 4 is 17.6 Å². The van der Waals surface area contributed by atoms with Crippen LogP contribution < -0.4 is 5.32 Å². The molecule has 7 nitrogen and oxygen atoms in total. The molecule has 1 aromatic carbocycles. The van der Waals surface area contributed by atoms with Gasteiger partial charge in [0, 0.05) is 0 Å². The molecule has 20 heavy (non-hydrogen) atoms. The van der Waals surface area contributed by atoms with Gasteiger partial charge in [-0.05, 0) is 19.9 Å².